The van der Waals surface area contributed by atoms with Gasteiger partial charge in [0.1, 0.15) is 11.5 Å². The Kier molecular flexibility index (Phi) is 3.96. The molecule has 0 saturated heterocycles. The highest BCUT2D eigenvalue weighted by atomic mass is 16.3. The summed E-state index contributed by atoms with van der Waals surface area (Å²) in [6.45, 7) is 1.89. The van der Waals surface area contributed by atoms with Crippen molar-refractivity contribution in [1.82, 2.24) is 30.8 Å². The smallest absolute Gasteiger partial charge is 0.272 e. The minimum Gasteiger partial charge on any atom is -0.508 e. The Bertz CT molecular complexity index is 1160. The van der Waals surface area contributed by atoms with Crippen LogP contribution in [0.4, 0.5) is 0 Å². The summed E-state index contributed by atoms with van der Waals surface area (Å²) in [5, 5.41) is 39.7. The van der Waals surface area contributed by atoms with Gasteiger partial charge in [0.05, 0.1) is 11.3 Å². The lowest BCUT2D eigenvalue weighted by atomic mass is 9.95. The third-order valence-electron chi connectivity index (χ3n) is 4.41. The van der Waals surface area contributed by atoms with Crippen LogP contribution in [-0.4, -0.2) is 41.0 Å². The van der Waals surface area contributed by atoms with E-state index in [1.165, 1.54) is 6.07 Å². The Morgan fingerprint density at radius 3 is 2.48 bits per heavy atom. The zero-order valence-electron chi connectivity index (χ0n) is 14.3. The molecular weight excluding hydrogens is 348 g/mol. The third-order valence-corrected chi connectivity index (χ3v) is 4.41. The molecule has 0 aliphatic carbocycles. The molecular formula is C18H16N6O3. The van der Waals surface area contributed by atoms with Gasteiger partial charge in [-0.05, 0) is 23.3 Å². The maximum absolute atomic E-state index is 12.6. The molecule has 2 aromatic carbocycles. The predicted octanol–water partition coefficient (Wildman–Crippen LogP) is 2.19. The van der Waals surface area contributed by atoms with Crippen LogP contribution in [0.15, 0.2) is 41.2 Å². The van der Waals surface area contributed by atoms with Gasteiger partial charge in [0.15, 0.2) is 0 Å². The van der Waals surface area contributed by atoms with Crippen molar-refractivity contribution in [2.24, 2.45) is 0 Å². The average Bonchev–Trinajstić information content (AvgIpc) is 3.32. The van der Waals surface area contributed by atoms with Crippen LogP contribution in [0.25, 0.3) is 33.8 Å². The van der Waals surface area contributed by atoms with E-state index in [1.807, 2.05) is 13.0 Å². The fourth-order valence-corrected chi connectivity index (χ4v) is 3.09. The second-order valence-corrected chi connectivity index (χ2v) is 5.96. The molecule has 0 aliphatic heterocycles. The molecule has 0 atom stereocenters. The second kappa shape index (κ2) is 6.45. The van der Waals surface area contributed by atoms with Gasteiger partial charge in [0, 0.05) is 22.8 Å². The number of H-pyrrole nitrogens is 3. The fraction of sp³-hybridized carbons (Fsp3) is 0.111. The first-order valence-electron chi connectivity index (χ1n) is 8.29. The summed E-state index contributed by atoms with van der Waals surface area (Å²) in [7, 11) is 0. The molecule has 0 aliphatic rings. The van der Waals surface area contributed by atoms with Gasteiger partial charge >= 0.3 is 0 Å². The van der Waals surface area contributed by atoms with Gasteiger partial charge in [-0.2, -0.15) is 5.21 Å². The minimum atomic E-state index is -0.355. The standard InChI is InChI=1S/C18H16N6O3/c1-2-9-7-12(14(26)8-13(9)25)16-15(18(27)22-19-16)10-5-3-4-6-11(10)17-20-23-24-21-17/h3-8,25-26H,2H2,1H3,(H2,19,22,27)(H,20,21,23,24). The monoisotopic (exact) mass is 364 g/mol. The van der Waals surface area contributed by atoms with Crippen LogP contribution in [0.3, 0.4) is 0 Å². The summed E-state index contributed by atoms with van der Waals surface area (Å²) in [6.07, 6.45) is 0.572. The molecule has 0 saturated carbocycles. The molecule has 0 radical (unpaired) electrons. The van der Waals surface area contributed by atoms with Gasteiger partial charge in [-0.1, -0.05) is 31.2 Å². The first kappa shape index (κ1) is 16.6. The van der Waals surface area contributed by atoms with Gasteiger partial charge in [0.2, 0.25) is 5.82 Å². The number of aromatic amines is 3. The molecule has 2 aromatic heterocycles. The predicted molar refractivity (Wildman–Crippen MR) is 98.2 cm³/mol. The van der Waals surface area contributed by atoms with Crippen LogP contribution >= 0.6 is 0 Å². The summed E-state index contributed by atoms with van der Waals surface area (Å²) in [5.41, 5.74) is 2.64. The van der Waals surface area contributed by atoms with Crippen molar-refractivity contribution in [2.45, 2.75) is 13.3 Å². The molecule has 9 nitrogen and oxygen atoms in total. The van der Waals surface area contributed by atoms with Crippen molar-refractivity contribution in [1.29, 1.82) is 0 Å². The van der Waals surface area contributed by atoms with Crippen LogP contribution in [0, 0.1) is 0 Å². The number of benzene rings is 2. The Hall–Kier alpha value is -3.88. The van der Waals surface area contributed by atoms with Crippen molar-refractivity contribution in [3.63, 3.8) is 0 Å². The van der Waals surface area contributed by atoms with Crippen LogP contribution in [0.1, 0.15) is 12.5 Å². The highest BCUT2D eigenvalue weighted by Crippen LogP contribution is 2.39. The lowest BCUT2D eigenvalue weighted by Crippen LogP contribution is -2.03. The van der Waals surface area contributed by atoms with E-state index in [0.29, 0.717) is 45.8 Å². The van der Waals surface area contributed by atoms with Gasteiger partial charge in [-0.3, -0.25) is 15.0 Å². The number of aromatic hydroxyl groups is 2. The zero-order valence-corrected chi connectivity index (χ0v) is 14.3. The Morgan fingerprint density at radius 1 is 1.00 bits per heavy atom. The summed E-state index contributed by atoms with van der Waals surface area (Å²) >= 11 is 0. The summed E-state index contributed by atoms with van der Waals surface area (Å²) in [4.78, 5) is 12.6. The van der Waals surface area contributed by atoms with Crippen molar-refractivity contribution in [2.75, 3.05) is 0 Å². The zero-order chi connectivity index (χ0) is 19.0. The van der Waals surface area contributed by atoms with E-state index in [-0.39, 0.29) is 17.1 Å². The molecule has 4 rings (SSSR count). The first-order valence-corrected chi connectivity index (χ1v) is 8.29. The molecule has 136 valence electrons. The molecule has 9 heteroatoms. The Labute approximate surface area is 152 Å². The molecule has 0 fully saturated rings. The number of nitrogens with one attached hydrogen (secondary N) is 3. The molecule has 0 bridgehead atoms. The van der Waals surface area contributed by atoms with Gasteiger partial charge in [-0.15, -0.1) is 10.2 Å². The molecule has 0 spiro atoms. The topological polar surface area (TPSA) is 144 Å². The van der Waals surface area contributed by atoms with E-state index >= 15 is 0 Å². The lowest BCUT2D eigenvalue weighted by Gasteiger charge is -2.11. The number of nitrogens with zero attached hydrogens (tertiary/aromatic N) is 3. The minimum absolute atomic E-state index is 0.00498. The molecule has 5 N–H and O–H groups in total. The first-order chi connectivity index (χ1) is 13.1. The normalized spacial score (nSPS) is 11.0. The molecule has 0 unspecified atom stereocenters. The highest BCUT2D eigenvalue weighted by molar-refractivity contribution is 5.89. The fourth-order valence-electron chi connectivity index (χ4n) is 3.09. The van der Waals surface area contributed by atoms with E-state index in [2.05, 4.69) is 30.8 Å². The molecule has 2 heterocycles. The summed E-state index contributed by atoms with van der Waals surface area (Å²) < 4.78 is 0. The maximum Gasteiger partial charge on any atom is 0.272 e. The SMILES string of the molecule is CCc1cc(-c2[nH][nH]c(=O)c2-c2ccccc2-c2nn[nH]n2)c(O)cc1O. The van der Waals surface area contributed by atoms with Gasteiger partial charge in [-0.25, -0.2) is 0 Å². The number of aryl methyl sites for hydroxylation is 1. The third kappa shape index (κ3) is 2.74. The number of hydrogen-bond donors (Lipinski definition) is 5. The number of hydrogen-bond acceptors (Lipinski definition) is 6. The van der Waals surface area contributed by atoms with Crippen LogP contribution in [0.2, 0.25) is 0 Å². The maximum atomic E-state index is 12.6. The van der Waals surface area contributed by atoms with Crippen LogP contribution in [-0.2, 0) is 6.42 Å². The average molecular weight is 364 g/mol. The van der Waals surface area contributed by atoms with Crippen molar-refractivity contribution >= 4 is 0 Å². The summed E-state index contributed by atoms with van der Waals surface area (Å²) in [5.74, 6) is 0.213. The van der Waals surface area contributed by atoms with E-state index in [4.69, 9.17) is 0 Å². The molecule has 4 aromatic rings. The van der Waals surface area contributed by atoms with E-state index in [1.54, 1.807) is 24.3 Å². The number of aromatic nitrogens is 6. The second-order valence-electron chi connectivity index (χ2n) is 5.96. The van der Waals surface area contributed by atoms with Gasteiger partial charge < -0.3 is 10.2 Å². The number of tetrazole rings is 1. The Morgan fingerprint density at radius 2 is 1.78 bits per heavy atom. The Balaban J connectivity index is 1.98. The van der Waals surface area contributed by atoms with Crippen molar-refractivity contribution in [3.05, 3.63) is 52.3 Å². The van der Waals surface area contributed by atoms with E-state index in [9.17, 15) is 15.0 Å². The number of rotatable bonds is 4. The quantitative estimate of drug-likeness (QED) is 0.375. The lowest BCUT2D eigenvalue weighted by molar-refractivity contribution is 0.447. The van der Waals surface area contributed by atoms with Crippen LogP contribution < -0.4 is 5.56 Å². The van der Waals surface area contributed by atoms with E-state index in [0.717, 1.165) is 0 Å². The van der Waals surface area contributed by atoms with Crippen molar-refractivity contribution in [3.8, 4) is 45.3 Å². The van der Waals surface area contributed by atoms with Crippen molar-refractivity contribution < 1.29 is 10.2 Å². The van der Waals surface area contributed by atoms with Crippen LogP contribution in [0.5, 0.6) is 11.5 Å². The number of phenols is 2. The van der Waals surface area contributed by atoms with E-state index < -0.39 is 0 Å². The van der Waals surface area contributed by atoms with Gasteiger partial charge in [0.25, 0.3) is 5.56 Å². The highest BCUT2D eigenvalue weighted by Gasteiger charge is 2.21. The molecule has 27 heavy (non-hydrogen) atoms. The largest absolute Gasteiger partial charge is 0.508 e. The number of phenolic OH excluding ortho intramolecular Hbond substituents is 2. The summed E-state index contributed by atoms with van der Waals surface area (Å²) in [6, 6.07) is 10.1. The molecule has 0 amide bonds.